The van der Waals surface area contributed by atoms with Crippen molar-refractivity contribution in [2.24, 2.45) is 11.3 Å². The number of aromatic nitrogens is 1. The second-order valence-corrected chi connectivity index (χ2v) is 15.2. The Labute approximate surface area is 226 Å². The number of carboxylic acid groups (broad SMARTS) is 1. The van der Waals surface area contributed by atoms with Crippen molar-refractivity contribution >= 4 is 50.3 Å². The molecule has 0 bridgehead atoms. The van der Waals surface area contributed by atoms with Crippen molar-refractivity contribution in [3.05, 3.63) is 26.5 Å². The van der Waals surface area contributed by atoms with Crippen LogP contribution in [-0.2, 0) is 14.8 Å². The molecule has 2 aromatic heterocycles. The molecule has 1 N–H and O–H groups in total. The summed E-state index contributed by atoms with van der Waals surface area (Å²) in [6.07, 6.45) is 4.83. The molecule has 0 spiro atoms. The van der Waals surface area contributed by atoms with Gasteiger partial charge in [-0.05, 0) is 59.4 Å². The highest BCUT2D eigenvalue weighted by molar-refractivity contribution is 7.91. The number of sulfonamides is 1. The maximum atomic E-state index is 13.7. The average Bonchev–Trinajstić information content (AvgIpc) is 3.40. The predicted molar refractivity (Wildman–Crippen MR) is 146 cm³/mol. The third-order valence-corrected chi connectivity index (χ3v) is 11.2. The van der Waals surface area contributed by atoms with Gasteiger partial charge >= 0.3 is 5.97 Å². The predicted octanol–water partition coefficient (Wildman–Crippen LogP) is 4.90. The molecule has 200 valence electrons. The van der Waals surface area contributed by atoms with Gasteiger partial charge in [0.2, 0.25) is 5.91 Å². The number of aryl methyl sites for hydroxylation is 2. The number of amides is 1. The molecular formula is C26H33N3O5S3. The molecule has 37 heavy (non-hydrogen) atoms. The summed E-state index contributed by atoms with van der Waals surface area (Å²) in [4.78, 5) is 32.4. The zero-order chi connectivity index (χ0) is 27.1. The minimum atomic E-state index is -3.92. The van der Waals surface area contributed by atoms with Crippen LogP contribution < -0.4 is 4.90 Å². The van der Waals surface area contributed by atoms with E-state index in [2.05, 4.69) is 16.8 Å². The number of carboxylic acids is 1. The van der Waals surface area contributed by atoms with Crippen LogP contribution in [0.3, 0.4) is 0 Å². The highest BCUT2D eigenvalue weighted by Crippen LogP contribution is 2.39. The highest BCUT2D eigenvalue weighted by Gasteiger charge is 2.45. The Morgan fingerprint density at radius 3 is 2.41 bits per heavy atom. The molecule has 1 aliphatic carbocycles. The van der Waals surface area contributed by atoms with Crippen molar-refractivity contribution in [2.45, 2.75) is 77.0 Å². The van der Waals surface area contributed by atoms with Crippen LogP contribution in [-0.4, -0.2) is 53.8 Å². The Morgan fingerprint density at radius 2 is 1.84 bits per heavy atom. The smallest absolute Gasteiger partial charge is 0.348 e. The van der Waals surface area contributed by atoms with Crippen LogP contribution in [0.15, 0.2) is 10.3 Å². The molecular weight excluding hydrogens is 531 g/mol. The van der Waals surface area contributed by atoms with E-state index in [9.17, 15) is 23.1 Å². The van der Waals surface area contributed by atoms with Crippen molar-refractivity contribution in [3.8, 4) is 11.8 Å². The quantitative estimate of drug-likeness (QED) is 0.519. The molecule has 1 atom stereocenters. The van der Waals surface area contributed by atoms with Gasteiger partial charge < -0.3 is 10.0 Å². The zero-order valence-electron chi connectivity index (χ0n) is 21.8. The second kappa shape index (κ2) is 10.5. The number of hydrogen-bond donors (Lipinski definition) is 1. The molecule has 1 amide bonds. The largest absolute Gasteiger partial charge is 0.477 e. The fourth-order valence-electron chi connectivity index (χ4n) is 5.04. The first kappa shape index (κ1) is 27.8. The molecule has 1 aliphatic heterocycles. The number of hydrogen-bond acceptors (Lipinski definition) is 7. The number of piperazine rings is 1. The first-order valence-corrected chi connectivity index (χ1v) is 15.5. The number of aromatic carboxylic acids is 1. The van der Waals surface area contributed by atoms with Gasteiger partial charge in [0.25, 0.3) is 10.0 Å². The lowest BCUT2D eigenvalue weighted by atomic mass is 9.82. The number of nitrogens with zero attached hydrogens (tertiary/aromatic N) is 3. The van der Waals surface area contributed by atoms with Crippen molar-refractivity contribution in [3.63, 3.8) is 0 Å². The molecule has 0 aromatic carbocycles. The third-order valence-electron chi connectivity index (χ3n) is 6.66. The molecule has 3 heterocycles. The lowest BCUT2D eigenvalue weighted by molar-refractivity contribution is -0.121. The summed E-state index contributed by atoms with van der Waals surface area (Å²) >= 11 is 2.17. The van der Waals surface area contributed by atoms with E-state index in [1.807, 2.05) is 20.8 Å². The van der Waals surface area contributed by atoms with E-state index in [1.165, 1.54) is 4.31 Å². The van der Waals surface area contributed by atoms with Gasteiger partial charge in [-0.25, -0.2) is 18.2 Å². The maximum Gasteiger partial charge on any atom is 0.348 e. The van der Waals surface area contributed by atoms with Crippen LogP contribution in [0, 0.1) is 37.0 Å². The molecule has 4 rings (SSSR count). The SMILES string of the molecule is Cc1nc(C)c(S(=O)(=O)N2CC(=O)N(c3cc(C#CC(C)(C)C)sc3C(=O)O)C(C3CCCCC3)C2)s1. The fraction of sp³-hybridized carbons (Fsp3) is 0.577. The van der Waals surface area contributed by atoms with Gasteiger partial charge in [0, 0.05) is 12.0 Å². The molecule has 2 fully saturated rings. The maximum absolute atomic E-state index is 13.7. The fourth-order valence-corrected chi connectivity index (χ4v) is 8.90. The van der Waals surface area contributed by atoms with Gasteiger partial charge in [-0.2, -0.15) is 4.31 Å². The second-order valence-electron chi connectivity index (χ2n) is 10.8. The Bertz CT molecular complexity index is 1370. The van der Waals surface area contributed by atoms with E-state index < -0.39 is 27.9 Å². The lowest BCUT2D eigenvalue weighted by Crippen LogP contribution is -2.60. The lowest BCUT2D eigenvalue weighted by Gasteiger charge is -2.44. The van der Waals surface area contributed by atoms with Crippen molar-refractivity contribution < 1.29 is 23.1 Å². The number of anilines is 1. The van der Waals surface area contributed by atoms with E-state index in [4.69, 9.17) is 0 Å². The van der Waals surface area contributed by atoms with E-state index in [-0.39, 0.29) is 33.5 Å². The van der Waals surface area contributed by atoms with E-state index >= 15 is 0 Å². The molecule has 1 unspecified atom stereocenters. The minimum Gasteiger partial charge on any atom is -0.477 e. The van der Waals surface area contributed by atoms with E-state index in [0.29, 0.717) is 21.3 Å². The van der Waals surface area contributed by atoms with Crippen molar-refractivity contribution in [1.82, 2.24) is 9.29 Å². The van der Waals surface area contributed by atoms with Crippen molar-refractivity contribution in [2.75, 3.05) is 18.0 Å². The summed E-state index contributed by atoms with van der Waals surface area (Å²) in [6.45, 7) is 9.11. The summed E-state index contributed by atoms with van der Waals surface area (Å²) in [7, 11) is -3.92. The highest BCUT2D eigenvalue weighted by atomic mass is 32.2. The first-order valence-electron chi connectivity index (χ1n) is 12.4. The standard InChI is InChI=1S/C26H33N3O5S3/c1-16-25(35-17(2)27-16)37(33,34)28-14-21(18-9-7-6-8-10-18)29(22(30)15-28)20-13-19(11-12-26(3,4)5)36-23(20)24(31)32/h13,18,21H,6-10,14-15H2,1-5H3,(H,31,32). The summed E-state index contributed by atoms with van der Waals surface area (Å²) in [5, 5.41) is 10.6. The molecule has 1 saturated carbocycles. The number of carbonyl (C=O) groups is 2. The third kappa shape index (κ3) is 5.93. The average molecular weight is 564 g/mol. The number of rotatable bonds is 5. The molecule has 11 heteroatoms. The van der Waals surface area contributed by atoms with Crippen LogP contribution in [0.25, 0.3) is 0 Å². The Kier molecular flexibility index (Phi) is 7.87. The first-order chi connectivity index (χ1) is 17.3. The minimum absolute atomic E-state index is 0.0533. The Balaban J connectivity index is 1.77. The van der Waals surface area contributed by atoms with Gasteiger partial charge in [-0.3, -0.25) is 4.79 Å². The van der Waals surface area contributed by atoms with Crippen molar-refractivity contribution in [1.29, 1.82) is 0 Å². The number of thiazole rings is 1. The van der Waals surface area contributed by atoms with Crippen LogP contribution >= 0.6 is 22.7 Å². The molecule has 8 nitrogen and oxygen atoms in total. The number of thiophene rings is 1. The van der Waals surface area contributed by atoms with Crippen LogP contribution in [0.5, 0.6) is 0 Å². The molecule has 0 radical (unpaired) electrons. The van der Waals surface area contributed by atoms with Gasteiger partial charge in [-0.15, -0.1) is 22.7 Å². The molecule has 2 aromatic rings. The molecule has 1 saturated heterocycles. The topological polar surface area (TPSA) is 108 Å². The number of carbonyl (C=O) groups excluding carboxylic acids is 1. The monoisotopic (exact) mass is 563 g/mol. The Hall–Kier alpha value is -2.26. The zero-order valence-corrected chi connectivity index (χ0v) is 24.3. The molecule has 2 aliphatic rings. The van der Waals surface area contributed by atoms with Gasteiger partial charge in [0.15, 0.2) is 4.21 Å². The summed E-state index contributed by atoms with van der Waals surface area (Å²) in [5.41, 5.74) is 0.485. The normalized spacial score (nSPS) is 20.1. The van der Waals surface area contributed by atoms with E-state index in [0.717, 1.165) is 54.8 Å². The van der Waals surface area contributed by atoms with Gasteiger partial charge in [0.1, 0.15) is 4.88 Å². The summed E-state index contributed by atoms with van der Waals surface area (Å²) in [6, 6.07) is 1.23. The van der Waals surface area contributed by atoms with Crippen LogP contribution in [0.4, 0.5) is 5.69 Å². The summed E-state index contributed by atoms with van der Waals surface area (Å²) < 4.78 is 28.6. The van der Waals surface area contributed by atoms with E-state index in [1.54, 1.807) is 24.8 Å². The van der Waals surface area contributed by atoms with Gasteiger partial charge in [-0.1, -0.05) is 31.1 Å². The Morgan fingerprint density at radius 1 is 1.16 bits per heavy atom. The van der Waals surface area contributed by atoms with Crippen LogP contribution in [0.2, 0.25) is 0 Å². The van der Waals surface area contributed by atoms with Gasteiger partial charge in [0.05, 0.1) is 33.9 Å². The summed E-state index contributed by atoms with van der Waals surface area (Å²) in [5.74, 6) is 4.73. The van der Waals surface area contributed by atoms with Crippen LogP contribution in [0.1, 0.15) is 78.1 Å².